The minimum absolute atomic E-state index is 0.273. The van der Waals surface area contributed by atoms with E-state index in [-0.39, 0.29) is 12.2 Å². The summed E-state index contributed by atoms with van der Waals surface area (Å²) in [6.45, 7) is 2.15. The Hall–Kier alpha value is -1.59. The lowest BCUT2D eigenvalue weighted by atomic mass is 10.1. The molecule has 86 valence electrons. The Morgan fingerprint density at radius 1 is 1.29 bits per heavy atom. The zero-order valence-corrected chi connectivity index (χ0v) is 10.2. The van der Waals surface area contributed by atoms with Crippen molar-refractivity contribution in [1.82, 2.24) is 5.43 Å². The Labute approximate surface area is 103 Å². The highest BCUT2D eigenvalue weighted by molar-refractivity contribution is 7.13. The summed E-state index contributed by atoms with van der Waals surface area (Å²) in [6.07, 6.45) is 0.273. The SMILES string of the molecule is Cc1csc2[n+]1C1Nc3ccccc3C1NN2. The number of aryl methyl sites for hydroxylation is 1. The van der Waals surface area contributed by atoms with Crippen LogP contribution in [-0.4, -0.2) is 0 Å². The van der Waals surface area contributed by atoms with Crippen LogP contribution in [0.5, 0.6) is 0 Å². The largest absolute Gasteiger partial charge is 0.354 e. The second-order valence-corrected chi connectivity index (χ2v) is 5.33. The summed E-state index contributed by atoms with van der Waals surface area (Å²) in [5.74, 6) is 0. The molecule has 0 saturated heterocycles. The first-order valence-corrected chi connectivity index (χ1v) is 6.59. The molecule has 4 nitrogen and oxygen atoms in total. The number of rotatable bonds is 0. The van der Waals surface area contributed by atoms with Crippen LogP contribution in [0.3, 0.4) is 0 Å². The van der Waals surface area contributed by atoms with E-state index < -0.39 is 0 Å². The van der Waals surface area contributed by atoms with Crippen molar-refractivity contribution in [3.63, 3.8) is 0 Å². The average Bonchev–Trinajstić information content (AvgIpc) is 2.90. The van der Waals surface area contributed by atoms with Crippen LogP contribution in [0.15, 0.2) is 29.6 Å². The predicted molar refractivity (Wildman–Crippen MR) is 67.9 cm³/mol. The average molecular weight is 245 g/mol. The van der Waals surface area contributed by atoms with Gasteiger partial charge in [0.05, 0.1) is 0 Å². The number of hydrazine groups is 1. The van der Waals surface area contributed by atoms with E-state index in [1.165, 1.54) is 16.9 Å². The molecule has 2 aromatic rings. The topological polar surface area (TPSA) is 40.0 Å². The number of fused-ring (bicyclic) bond motifs is 5. The molecule has 0 spiro atoms. The van der Waals surface area contributed by atoms with Gasteiger partial charge in [-0.25, -0.2) is 0 Å². The van der Waals surface area contributed by atoms with Crippen LogP contribution >= 0.6 is 11.3 Å². The third-order valence-electron chi connectivity index (χ3n) is 3.47. The molecule has 2 atom stereocenters. The molecule has 5 heteroatoms. The normalized spacial score (nSPS) is 24.3. The highest BCUT2D eigenvalue weighted by Gasteiger charge is 2.43. The maximum atomic E-state index is 3.59. The number of anilines is 2. The van der Waals surface area contributed by atoms with Gasteiger partial charge in [0.1, 0.15) is 11.7 Å². The molecule has 3 heterocycles. The van der Waals surface area contributed by atoms with Gasteiger partial charge in [0.2, 0.25) is 0 Å². The lowest BCUT2D eigenvalue weighted by Crippen LogP contribution is -2.56. The van der Waals surface area contributed by atoms with E-state index in [0.29, 0.717) is 0 Å². The molecule has 0 aliphatic carbocycles. The van der Waals surface area contributed by atoms with Crippen molar-refractivity contribution in [2.24, 2.45) is 0 Å². The molecule has 2 aliphatic heterocycles. The Morgan fingerprint density at radius 2 is 2.18 bits per heavy atom. The zero-order chi connectivity index (χ0) is 11.4. The molecule has 0 saturated carbocycles. The Bertz CT molecular complexity index is 592. The van der Waals surface area contributed by atoms with Gasteiger partial charge in [0.25, 0.3) is 0 Å². The van der Waals surface area contributed by atoms with Crippen LogP contribution in [0.4, 0.5) is 10.8 Å². The Kier molecular flexibility index (Phi) is 1.78. The summed E-state index contributed by atoms with van der Waals surface area (Å²) < 4.78 is 2.33. The van der Waals surface area contributed by atoms with Crippen molar-refractivity contribution in [3.8, 4) is 0 Å². The summed E-state index contributed by atoms with van der Waals surface area (Å²) in [7, 11) is 0. The minimum Gasteiger partial charge on any atom is -0.345 e. The van der Waals surface area contributed by atoms with Crippen molar-refractivity contribution in [2.45, 2.75) is 19.1 Å². The highest BCUT2D eigenvalue weighted by atomic mass is 32.1. The molecule has 2 unspecified atom stereocenters. The van der Waals surface area contributed by atoms with Crippen LogP contribution in [-0.2, 0) is 0 Å². The number of benzene rings is 1. The Morgan fingerprint density at radius 3 is 3.12 bits per heavy atom. The van der Waals surface area contributed by atoms with E-state index >= 15 is 0 Å². The van der Waals surface area contributed by atoms with Crippen LogP contribution in [0.25, 0.3) is 0 Å². The van der Waals surface area contributed by atoms with Crippen molar-refractivity contribution >= 4 is 22.2 Å². The molecule has 0 bridgehead atoms. The maximum Gasteiger partial charge on any atom is 0.354 e. The summed E-state index contributed by atoms with van der Waals surface area (Å²) in [5.41, 5.74) is 10.5. The number of hydrogen-bond acceptors (Lipinski definition) is 4. The van der Waals surface area contributed by atoms with E-state index in [4.69, 9.17) is 0 Å². The second kappa shape index (κ2) is 3.21. The van der Waals surface area contributed by atoms with Gasteiger partial charge in [-0.2, -0.15) is 9.99 Å². The van der Waals surface area contributed by atoms with Gasteiger partial charge < -0.3 is 5.32 Å². The zero-order valence-electron chi connectivity index (χ0n) is 9.40. The first kappa shape index (κ1) is 9.44. The van der Waals surface area contributed by atoms with Crippen molar-refractivity contribution in [3.05, 3.63) is 40.9 Å². The molecule has 0 radical (unpaired) electrons. The fraction of sp³-hybridized carbons (Fsp3) is 0.250. The molecule has 2 aliphatic rings. The van der Waals surface area contributed by atoms with Gasteiger partial charge >= 0.3 is 5.13 Å². The maximum absolute atomic E-state index is 3.59. The van der Waals surface area contributed by atoms with E-state index in [9.17, 15) is 0 Å². The summed E-state index contributed by atoms with van der Waals surface area (Å²) in [5, 5.41) is 6.92. The van der Waals surface area contributed by atoms with Gasteiger partial charge in [-0.15, -0.1) is 5.43 Å². The summed E-state index contributed by atoms with van der Waals surface area (Å²) >= 11 is 1.73. The molecule has 0 amide bonds. The first-order chi connectivity index (χ1) is 8.34. The number of hydrogen-bond donors (Lipinski definition) is 3. The monoisotopic (exact) mass is 245 g/mol. The summed E-state index contributed by atoms with van der Waals surface area (Å²) in [6, 6.07) is 8.76. The van der Waals surface area contributed by atoms with Gasteiger partial charge in [-0.1, -0.05) is 29.5 Å². The number of nitrogens with zero attached hydrogens (tertiary/aromatic N) is 1. The quantitative estimate of drug-likeness (QED) is 0.621. The summed E-state index contributed by atoms with van der Waals surface area (Å²) in [4.78, 5) is 0. The van der Waals surface area contributed by atoms with Crippen molar-refractivity contribution < 1.29 is 4.57 Å². The van der Waals surface area contributed by atoms with Crippen LogP contribution in [0.1, 0.15) is 23.5 Å². The molecule has 1 aromatic heterocycles. The number of para-hydroxylation sites is 1. The molecule has 3 N–H and O–H groups in total. The minimum atomic E-state index is 0.273. The van der Waals surface area contributed by atoms with Gasteiger partial charge in [0.15, 0.2) is 6.17 Å². The molecule has 0 fully saturated rings. The molecule has 17 heavy (non-hydrogen) atoms. The third kappa shape index (κ3) is 1.18. The fourth-order valence-electron chi connectivity index (χ4n) is 2.67. The number of nitrogens with one attached hydrogen (secondary N) is 3. The van der Waals surface area contributed by atoms with E-state index in [1.807, 2.05) is 0 Å². The Balaban J connectivity index is 1.87. The van der Waals surface area contributed by atoms with Crippen LogP contribution in [0, 0.1) is 6.92 Å². The smallest absolute Gasteiger partial charge is 0.345 e. The van der Waals surface area contributed by atoms with E-state index in [2.05, 4.69) is 57.3 Å². The third-order valence-corrected chi connectivity index (χ3v) is 4.45. The lowest BCUT2D eigenvalue weighted by molar-refractivity contribution is -0.712. The standard InChI is InChI=1S/C12H12N4S/c1-7-6-17-12-15-14-10-8-4-2-3-5-9(8)13-11(10)16(7)12/h2-6,10-11,13-14H,1H3/p+1. The molecule has 1 aromatic carbocycles. The first-order valence-electron chi connectivity index (χ1n) is 5.71. The molecular weight excluding hydrogens is 232 g/mol. The highest BCUT2D eigenvalue weighted by Crippen LogP contribution is 2.40. The molecule has 4 rings (SSSR count). The van der Waals surface area contributed by atoms with Gasteiger partial charge in [0, 0.05) is 16.6 Å². The number of thiazole rings is 1. The molecular formula is C12H13N4S+. The van der Waals surface area contributed by atoms with Gasteiger partial charge in [-0.3, -0.25) is 0 Å². The van der Waals surface area contributed by atoms with Crippen LogP contribution < -0.4 is 20.7 Å². The van der Waals surface area contributed by atoms with Crippen LogP contribution in [0.2, 0.25) is 0 Å². The predicted octanol–water partition coefficient (Wildman–Crippen LogP) is 1.94. The van der Waals surface area contributed by atoms with E-state index in [0.717, 1.165) is 5.13 Å². The second-order valence-electron chi connectivity index (χ2n) is 4.48. The fourth-order valence-corrected chi connectivity index (χ4v) is 3.56. The van der Waals surface area contributed by atoms with Crippen molar-refractivity contribution in [2.75, 3.05) is 10.7 Å². The van der Waals surface area contributed by atoms with E-state index in [1.54, 1.807) is 11.3 Å². The van der Waals surface area contributed by atoms with Gasteiger partial charge in [-0.05, 0) is 13.0 Å². The lowest BCUT2D eigenvalue weighted by Gasteiger charge is -2.23. The van der Waals surface area contributed by atoms with Crippen molar-refractivity contribution in [1.29, 1.82) is 0 Å². The number of aromatic nitrogens is 1.